The highest BCUT2D eigenvalue weighted by Crippen LogP contribution is 2.33. The summed E-state index contributed by atoms with van der Waals surface area (Å²) in [6.45, 7) is 2.62. The third-order valence-electron chi connectivity index (χ3n) is 2.84. The lowest BCUT2D eigenvalue weighted by Gasteiger charge is -2.12. The standard InChI is InChI=1S/C14H20F3NO/c1-2-3-4-5-6-9-19-13-8-7-11(10-12(13)18)14(15,16)17/h7-8,10H,2-6,9,18H2,1H3. The molecular weight excluding hydrogens is 255 g/mol. The average Bonchev–Trinajstić information content (AvgIpc) is 2.34. The van der Waals surface area contributed by atoms with E-state index in [1.54, 1.807) is 0 Å². The zero-order valence-electron chi connectivity index (χ0n) is 11.1. The molecule has 1 aromatic rings. The zero-order chi connectivity index (χ0) is 14.3. The summed E-state index contributed by atoms with van der Waals surface area (Å²) in [5, 5.41) is 0. The summed E-state index contributed by atoms with van der Waals surface area (Å²) in [6.07, 6.45) is 1.11. The minimum Gasteiger partial charge on any atom is -0.491 e. The SMILES string of the molecule is CCCCCCCOc1ccc(C(F)(F)F)cc1N. The minimum absolute atomic E-state index is 0.0309. The molecule has 0 atom stereocenters. The van der Waals surface area contributed by atoms with Crippen LogP contribution in [0.15, 0.2) is 18.2 Å². The van der Waals surface area contributed by atoms with Gasteiger partial charge in [-0.3, -0.25) is 0 Å². The number of halogens is 3. The van der Waals surface area contributed by atoms with Gasteiger partial charge in [-0.25, -0.2) is 0 Å². The van der Waals surface area contributed by atoms with Crippen molar-refractivity contribution in [1.82, 2.24) is 0 Å². The lowest BCUT2D eigenvalue weighted by atomic mass is 10.1. The van der Waals surface area contributed by atoms with Crippen LogP contribution in [0, 0.1) is 0 Å². The Kier molecular flexibility index (Phi) is 5.99. The van der Waals surface area contributed by atoms with E-state index in [0.717, 1.165) is 31.4 Å². The van der Waals surface area contributed by atoms with Crippen molar-refractivity contribution < 1.29 is 17.9 Å². The van der Waals surface area contributed by atoms with Crippen LogP contribution in [0.1, 0.15) is 44.6 Å². The van der Waals surface area contributed by atoms with Gasteiger partial charge in [-0.1, -0.05) is 32.6 Å². The first kappa shape index (κ1) is 15.7. The molecule has 1 rings (SSSR count). The Bertz CT molecular complexity index is 391. The highest BCUT2D eigenvalue weighted by Gasteiger charge is 2.30. The van der Waals surface area contributed by atoms with Gasteiger partial charge in [-0.2, -0.15) is 13.2 Å². The number of unbranched alkanes of at least 4 members (excludes halogenated alkanes) is 4. The van der Waals surface area contributed by atoms with E-state index in [0.29, 0.717) is 12.4 Å². The molecule has 0 bridgehead atoms. The third-order valence-corrected chi connectivity index (χ3v) is 2.84. The van der Waals surface area contributed by atoms with Crippen LogP contribution in [0.5, 0.6) is 5.75 Å². The van der Waals surface area contributed by atoms with Crippen LogP contribution < -0.4 is 10.5 Å². The van der Waals surface area contributed by atoms with Crippen molar-refractivity contribution >= 4 is 5.69 Å². The van der Waals surface area contributed by atoms with Crippen molar-refractivity contribution in [2.24, 2.45) is 0 Å². The summed E-state index contributed by atoms with van der Waals surface area (Å²) >= 11 is 0. The van der Waals surface area contributed by atoms with E-state index in [4.69, 9.17) is 10.5 Å². The van der Waals surface area contributed by atoms with E-state index in [2.05, 4.69) is 6.92 Å². The fourth-order valence-electron chi connectivity index (χ4n) is 1.74. The Labute approximate surface area is 111 Å². The summed E-state index contributed by atoms with van der Waals surface area (Å²) in [6, 6.07) is 3.18. The van der Waals surface area contributed by atoms with Crippen LogP contribution in [0.3, 0.4) is 0 Å². The number of benzene rings is 1. The van der Waals surface area contributed by atoms with Crippen LogP contribution in [0.2, 0.25) is 0 Å². The molecule has 5 heteroatoms. The quantitative estimate of drug-likeness (QED) is 0.581. The van der Waals surface area contributed by atoms with E-state index >= 15 is 0 Å². The molecular formula is C14H20F3NO. The van der Waals surface area contributed by atoms with Gasteiger partial charge in [0.15, 0.2) is 0 Å². The van der Waals surface area contributed by atoms with Gasteiger partial charge in [0.25, 0.3) is 0 Å². The first-order chi connectivity index (χ1) is 8.95. The van der Waals surface area contributed by atoms with Gasteiger partial charge >= 0.3 is 6.18 Å². The molecule has 108 valence electrons. The Morgan fingerprint density at radius 2 is 1.79 bits per heavy atom. The molecule has 0 aliphatic carbocycles. The summed E-state index contributed by atoms with van der Waals surface area (Å²) in [5.41, 5.74) is 4.84. The monoisotopic (exact) mass is 275 g/mol. The number of rotatable bonds is 7. The molecule has 0 aliphatic rings. The summed E-state index contributed by atoms with van der Waals surface area (Å²) in [5.74, 6) is 0.323. The predicted octanol–water partition coefficient (Wildman–Crippen LogP) is 4.64. The second kappa shape index (κ2) is 7.26. The topological polar surface area (TPSA) is 35.2 Å². The van der Waals surface area contributed by atoms with Gasteiger partial charge in [0.1, 0.15) is 5.75 Å². The van der Waals surface area contributed by atoms with E-state index in [9.17, 15) is 13.2 Å². The number of alkyl halides is 3. The Hall–Kier alpha value is -1.39. The maximum Gasteiger partial charge on any atom is 0.416 e. The third kappa shape index (κ3) is 5.41. The molecule has 0 saturated carbocycles. The molecule has 0 unspecified atom stereocenters. The van der Waals surface area contributed by atoms with E-state index < -0.39 is 11.7 Å². The Morgan fingerprint density at radius 1 is 1.11 bits per heavy atom. The number of hydrogen-bond donors (Lipinski definition) is 1. The summed E-state index contributed by atoms with van der Waals surface area (Å²) in [7, 11) is 0. The van der Waals surface area contributed by atoms with Gasteiger partial charge in [0.05, 0.1) is 17.9 Å². The number of nitrogens with two attached hydrogens (primary N) is 1. The van der Waals surface area contributed by atoms with Crippen molar-refractivity contribution in [3.8, 4) is 5.75 Å². The fourth-order valence-corrected chi connectivity index (χ4v) is 1.74. The molecule has 0 fully saturated rings. The molecule has 0 radical (unpaired) electrons. The first-order valence-corrected chi connectivity index (χ1v) is 6.54. The Morgan fingerprint density at radius 3 is 2.37 bits per heavy atom. The van der Waals surface area contributed by atoms with Crippen molar-refractivity contribution in [3.05, 3.63) is 23.8 Å². The van der Waals surface area contributed by atoms with Crippen LogP contribution >= 0.6 is 0 Å². The molecule has 2 N–H and O–H groups in total. The second-order valence-electron chi connectivity index (χ2n) is 4.51. The second-order valence-corrected chi connectivity index (χ2v) is 4.51. The fraction of sp³-hybridized carbons (Fsp3) is 0.571. The molecule has 19 heavy (non-hydrogen) atoms. The highest BCUT2D eigenvalue weighted by atomic mass is 19.4. The van der Waals surface area contributed by atoms with Crippen molar-refractivity contribution in [3.63, 3.8) is 0 Å². The molecule has 0 spiro atoms. The highest BCUT2D eigenvalue weighted by molar-refractivity contribution is 5.54. The van der Waals surface area contributed by atoms with Gasteiger partial charge < -0.3 is 10.5 Å². The lowest BCUT2D eigenvalue weighted by Crippen LogP contribution is -2.07. The smallest absolute Gasteiger partial charge is 0.416 e. The molecule has 0 amide bonds. The van der Waals surface area contributed by atoms with E-state index in [1.807, 2.05) is 0 Å². The van der Waals surface area contributed by atoms with Gasteiger partial charge in [0, 0.05) is 0 Å². The number of nitrogen functional groups attached to an aromatic ring is 1. The number of anilines is 1. The predicted molar refractivity (Wildman–Crippen MR) is 70.1 cm³/mol. The molecule has 0 heterocycles. The van der Waals surface area contributed by atoms with Crippen LogP contribution in [0.4, 0.5) is 18.9 Å². The lowest BCUT2D eigenvalue weighted by molar-refractivity contribution is -0.137. The average molecular weight is 275 g/mol. The number of ether oxygens (including phenoxy) is 1. The molecule has 0 aromatic heterocycles. The maximum atomic E-state index is 12.4. The normalized spacial score (nSPS) is 11.6. The first-order valence-electron chi connectivity index (χ1n) is 6.54. The van der Waals surface area contributed by atoms with Crippen LogP contribution in [-0.2, 0) is 6.18 Å². The summed E-state index contributed by atoms with van der Waals surface area (Å²) in [4.78, 5) is 0. The molecule has 1 aromatic carbocycles. The van der Waals surface area contributed by atoms with Crippen molar-refractivity contribution in [2.45, 2.75) is 45.2 Å². The zero-order valence-corrected chi connectivity index (χ0v) is 11.1. The Balaban J connectivity index is 2.43. The van der Waals surface area contributed by atoms with Crippen LogP contribution in [0.25, 0.3) is 0 Å². The molecule has 2 nitrogen and oxygen atoms in total. The molecule has 0 aliphatic heterocycles. The van der Waals surface area contributed by atoms with E-state index in [-0.39, 0.29) is 5.69 Å². The largest absolute Gasteiger partial charge is 0.491 e. The minimum atomic E-state index is -4.37. The van der Waals surface area contributed by atoms with Gasteiger partial charge in [-0.05, 0) is 24.6 Å². The van der Waals surface area contributed by atoms with Crippen molar-refractivity contribution in [1.29, 1.82) is 0 Å². The maximum absolute atomic E-state index is 12.4. The number of hydrogen-bond acceptors (Lipinski definition) is 2. The van der Waals surface area contributed by atoms with Crippen molar-refractivity contribution in [2.75, 3.05) is 12.3 Å². The van der Waals surface area contributed by atoms with Crippen LogP contribution in [-0.4, -0.2) is 6.61 Å². The van der Waals surface area contributed by atoms with E-state index in [1.165, 1.54) is 18.9 Å². The summed E-state index contributed by atoms with van der Waals surface area (Å²) < 4.78 is 42.7. The van der Waals surface area contributed by atoms with Gasteiger partial charge in [-0.15, -0.1) is 0 Å². The van der Waals surface area contributed by atoms with Gasteiger partial charge in [0.2, 0.25) is 0 Å². The molecule has 0 saturated heterocycles.